The van der Waals surface area contributed by atoms with Crippen LogP contribution in [0.2, 0.25) is 0 Å². The van der Waals surface area contributed by atoms with Crippen LogP contribution in [-0.4, -0.2) is 30.1 Å². The van der Waals surface area contributed by atoms with Gasteiger partial charge in [0.2, 0.25) is 0 Å². The SMILES string of the molecule is CC(C)c1ccc(CN(C2CC2)C2CNC2)cc1. The smallest absolute Gasteiger partial charge is 0.0351 e. The quantitative estimate of drug-likeness (QED) is 0.857. The molecule has 1 aliphatic heterocycles. The van der Waals surface area contributed by atoms with E-state index in [9.17, 15) is 0 Å². The number of nitrogens with zero attached hydrogens (tertiary/aromatic N) is 1. The van der Waals surface area contributed by atoms with Crippen molar-refractivity contribution in [1.82, 2.24) is 10.2 Å². The minimum atomic E-state index is 0.634. The fourth-order valence-electron chi connectivity index (χ4n) is 2.69. The van der Waals surface area contributed by atoms with Crippen molar-refractivity contribution in [3.8, 4) is 0 Å². The molecule has 1 aromatic rings. The average molecular weight is 244 g/mol. The largest absolute Gasteiger partial charge is 0.314 e. The molecule has 0 bridgehead atoms. The molecule has 1 N–H and O–H groups in total. The zero-order chi connectivity index (χ0) is 12.5. The second-order valence-electron chi connectivity index (χ2n) is 6.11. The monoisotopic (exact) mass is 244 g/mol. The molecule has 2 heteroatoms. The van der Waals surface area contributed by atoms with Gasteiger partial charge in [-0.1, -0.05) is 38.1 Å². The normalized spacial score (nSPS) is 20.4. The summed E-state index contributed by atoms with van der Waals surface area (Å²) in [6.07, 6.45) is 2.81. The van der Waals surface area contributed by atoms with Gasteiger partial charge in [-0.3, -0.25) is 4.90 Å². The predicted molar refractivity (Wildman–Crippen MR) is 75.8 cm³/mol. The van der Waals surface area contributed by atoms with Gasteiger partial charge in [-0.2, -0.15) is 0 Å². The molecule has 0 amide bonds. The Labute approximate surface area is 110 Å². The first kappa shape index (κ1) is 12.2. The average Bonchev–Trinajstić information content (AvgIpc) is 3.10. The van der Waals surface area contributed by atoms with Gasteiger partial charge >= 0.3 is 0 Å². The third kappa shape index (κ3) is 2.60. The topological polar surface area (TPSA) is 15.3 Å². The zero-order valence-corrected chi connectivity index (χ0v) is 11.5. The lowest BCUT2D eigenvalue weighted by atomic mass is 10.0. The molecule has 98 valence electrons. The highest BCUT2D eigenvalue weighted by molar-refractivity contribution is 5.25. The summed E-state index contributed by atoms with van der Waals surface area (Å²) in [7, 11) is 0. The molecule has 2 fully saturated rings. The Bertz CT molecular complexity index is 388. The highest BCUT2D eigenvalue weighted by Gasteiger charge is 2.36. The number of hydrogen-bond donors (Lipinski definition) is 1. The lowest BCUT2D eigenvalue weighted by molar-refractivity contribution is 0.129. The van der Waals surface area contributed by atoms with Gasteiger partial charge in [0.1, 0.15) is 0 Å². The summed E-state index contributed by atoms with van der Waals surface area (Å²) in [4.78, 5) is 2.71. The van der Waals surface area contributed by atoms with Gasteiger partial charge in [0.05, 0.1) is 0 Å². The molecule has 0 radical (unpaired) electrons. The number of nitrogens with one attached hydrogen (secondary N) is 1. The second kappa shape index (κ2) is 5.02. The summed E-state index contributed by atoms with van der Waals surface area (Å²) in [6, 6.07) is 10.9. The number of hydrogen-bond acceptors (Lipinski definition) is 2. The fraction of sp³-hybridized carbons (Fsp3) is 0.625. The van der Waals surface area contributed by atoms with E-state index in [1.807, 2.05) is 0 Å². The second-order valence-corrected chi connectivity index (χ2v) is 6.11. The lowest BCUT2D eigenvalue weighted by Gasteiger charge is -2.38. The van der Waals surface area contributed by atoms with Gasteiger partial charge in [-0.25, -0.2) is 0 Å². The maximum atomic E-state index is 3.39. The van der Waals surface area contributed by atoms with Gasteiger partial charge in [0.15, 0.2) is 0 Å². The molecule has 0 atom stereocenters. The van der Waals surface area contributed by atoms with E-state index in [1.54, 1.807) is 0 Å². The third-order valence-electron chi connectivity index (χ3n) is 4.26. The van der Waals surface area contributed by atoms with Gasteiger partial charge < -0.3 is 5.32 Å². The van der Waals surface area contributed by atoms with Gasteiger partial charge in [0.25, 0.3) is 0 Å². The van der Waals surface area contributed by atoms with E-state index < -0.39 is 0 Å². The van der Waals surface area contributed by atoms with Crippen LogP contribution in [0.15, 0.2) is 24.3 Å². The van der Waals surface area contributed by atoms with Crippen LogP contribution in [0.3, 0.4) is 0 Å². The molecule has 2 aliphatic rings. The minimum Gasteiger partial charge on any atom is -0.314 e. The maximum absolute atomic E-state index is 3.39. The van der Waals surface area contributed by atoms with E-state index in [0.717, 1.165) is 18.6 Å². The standard InChI is InChI=1S/C16H24N2/c1-12(2)14-5-3-13(4-6-14)11-18(15-7-8-15)16-9-17-10-16/h3-6,12,15-17H,7-11H2,1-2H3. The Kier molecular flexibility index (Phi) is 3.40. The number of benzene rings is 1. The fourth-order valence-corrected chi connectivity index (χ4v) is 2.69. The highest BCUT2D eigenvalue weighted by atomic mass is 15.3. The summed E-state index contributed by atoms with van der Waals surface area (Å²) in [6.45, 7) is 8.01. The van der Waals surface area contributed by atoms with Crippen LogP contribution < -0.4 is 5.32 Å². The zero-order valence-electron chi connectivity index (χ0n) is 11.5. The molecule has 18 heavy (non-hydrogen) atoms. The molecule has 1 saturated heterocycles. The molecule has 0 unspecified atom stereocenters. The van der Waals surface area contributed by atoms with Crippen LogP contribution in [0.25, 0.3) is 0 Å². The van der Waals surface area contributed by atoms with Crippen molar-refractivity contribution in [1.29, 1.82) is 0 Å². The molecule has 0 spiro atoms. The Balaban J connectivity index is 1.66. The minimum absolute atomic E-state index is 0.634. The summed E-state index contributed by atoms with van der Waals surface area (Å²) >= 11 is 0. The van der Waals surface area contributed by atoms with Crippen LogP contribution in [0.5, 0.6) is 0 Å². The van der Waals surface area contributed by atoms with Crippen molar-refractivity contribution in [2.45, 2.75) is 51.2 Å². The molecule has 0 aromatic heterocycles. The molecular formula is C16H24N2. The van der Waals surface area contributed by atoms with Gasteiger partial charge in [0, 0.05) is 31.7 Å². The van der Waals surface area contributed by atoms with Crippen molar-refractivity contribution in [2.75, 3.05) is 13.1 Å². The molecule has 1 saturated carbocycles. The Morgan fingerprint density at radius 2 is 1.78 bits per heavy atom. The molecule has 1 aliphatic carbocycles. The molecule has 1 heterocycles. The van der Waals surface area contributed by atoms with E-state index in [0.29, 0.717) is 5.92 Å². The van der Waals surface area contributed by atoms with Crippen molar-refractivity contribution >= 4 is 0 Å². The first-order valence-corrected chi connectivity index (χ1v) is 7.29. The highest BCUT2D eigenvalue weighted by Crippen LogP contribution is 2.31. The molecule has 3 rings (SSSR count). The Morgan fingerprint density at radius 3 is 2.22 bits per heavy atom. The summed E-state index contributed by atoms with van der Waals surface area (Å²) in [5.41, 5.74) is 2.92. The van der Waals surface area contributed by atoms with Crippen LogP contribution in [0.1, 0.15) is 43.7 Å². The van der Waals surface area contributed by atoms with Crippen molar-refractivity contribution in [2.24, 2.45) is 0 Å². The molecule has 2 nitrogen and oxygen atoms in total. The van der Waals surface area contributed by atoms with Gasteiger partial charge in [-0.15, -0.1) is 0 Å². The summed E-state index contributed by atoms with van der Waals surface area (Å²) in [5, 5.41) is 3.39. The van der Waals surface area contributed by atoms with Crippen LogP contribution in [0, 0.1) is 0 Å². The third-order valence-corrected chi connectivity index (χ3v) is 4.26. The summed E-state index contributed by atoms with van der Waals surface area (Å²) < 4.78 is 0. The van der Waals surface area contributed by atoms with Crippen molar-refractivity contribution in [3.63, 3.8) is 0 Å². The van der Waals surface area contributed by atoms with Crippen LogP contribution >= 0.6 is 0 Å². The molecular weight excluding hydrogens is 220 g/mol. The first-order valence-electron chi connectivity index (χ1n) is 7.29. The van der Waals surface area contributed by atoms with Crippen molar-refractivity contribution in [3.05, 3.63) is 35.4 Å². The first-order chi connectivity index (χ1) is 8.74. The van der Waals surface area contributed by atoms with E-state index in [-0.39, 0.29) is 0 Å². The Hall–Kier alpha value is -0.860. The maximum Gasteiger partial charge on any atom is 0.0351 e. The van der Waals surface area contributed by atoms with Crippen LogP contribution in [0.4, 0.5) is 0 Å². The van der Waals surface area contributed by atoms with E-state index in [2.05, 4.69) is 48.3 Å². The van der Waals surface area contributed by atoms with E-state index >= 15 is 0 Å². The predicted octanol–water partition coefficient (Wildman–Crippen LogP) is 2.75. The van der Waals surface area contributed by atoms with E-state index in [4.69, 9.17) is 0 Å². The lowest BCUT2D eigenvalue weighted by Crippen LogP contribution is -2.57. The van der Waals surface area contributed by atoms with Crippen LogP contribution in [-0.2, 0) is 6.54 Å². The van der Waals surface area contributed by atoms with E-state index in [1.165, 1.54) is 37.1 Å². The summed E-state index contributed by atoms with van der Waals surface area (Å²) in [5.74, 6) is 0.634. The molecule has 1 aromatic carbocycles. The Morgan fingerprint density at radius 1 is 1.11 bits per heavy atom. The van der Waals surface area contributed by atoms with Gasteiger partial charge in [-0.05, 0) is 29.9 Å². The number of rotatable bonds is 5. The van der Waals surface area contributed by atoms with Crippen molar-refractivity contribution < 1.29 is 0 Å².